The van der Waals surface area contributed by atoms with E-state index in [1.165, 1.54) is 136 Å². The maximum absolute atomic E-state index is 15.4. The largest absolute Gasteiger partial charge is 0.584 e. The van der Waals surface area contributed by atoms with Crippen LogP contribution in [-0.2, 0) is 9.13 Å². The van der Waals surface area contributed by atoms with Crippen molar-refractivity contribution in [3.05, 3.63) is 155 Å². The second kappa shape index (κ2) is 21.4. The van der Waals surface area contributed by atoms with E-state index in [0.717, 1.165) is 84.4 Å². The van der Waals surface area contributed by atoms with Crippen LogP contribution in [-0.4, -0.2) is 9.79 Å². The lowest BCUT2D eigenvalue weighted by Crippen LogP contribution is -2.08. The Morgan fingerprint density at radius 3 is 0.917 bits per heavy atom. The second-order valence-electron chi connectivity index (χ2n) is 26.4. The highest BCUT2D eigenvalue weighted by molar-refractivity contribution is 7.48. The number of phosphoric ester groups is 2. The van der Waals surface area contributed by atoms with Gasteiger partial charge in [-0.25, -0.2) is 9.13 Å². The van der Waals surface area contributed by atoms with E-state index >= 15 is 9.13 Å². The molecule has 430 valence electrons. The number of hydrogen-bond donors (Lipinski definition) is 2. The lowest BCUT2D eigenvalue weighted by molar-refractivity contribution is 0.292. The molecule has 16 rings (SSSR count). The summed E-state index contributed by atoms with van der Waals surface area (Å²) in [5, 5.41) is 3.12. The zero-order chi connectivity index (χ0) is 56.3. The van der Waals surface area contributed by atoms with Gasteiger partial charge in [0.1, 0.15) is 23.0 Å². The van der Waals surface area contributed by atoms with Gasteiger partial charge in [0, 0.05) is 44.5 Å². The molecule has 0 spiro atoms. The van der Waals surface area contributed by atoms with Gasteiger partial charge < -0.3 is 18.1 Å². The van der Waals surface area contributed by atoms with Gasteiger partial charge in [0.15, 0.2) is 0 Å². The van der Waals surface area contributed by atoms with Crippen molar-refractivity contribution in [3.63, 3.8) is 0 Å². The van der Waals surface area contributed by atoms with Gasteiger partial charge in [-0.3, -0.25) is 9.79 Å². The normalized spacial score (nSPS) is 23.2. The smallest absolute Gasteiger partial charge is 0.394 e. The highest BCUT2D eigenvalue weighted by atomic mass is 31.2. The maximum atomic E-state index is 15.4. The number of fused-ring (bicyclic) bond motifs is 8. The van der Waals surface area contributed by atoms with Crippen LogP contribution in [0.15, 0.2) is 121 Å². The molecule has 2 heterocycles. The topological polar surface area (TPSA) is 112 Å². The van der Waals surface area contributed by atoms with Crippen molar-refractivity contribution in [1.29, 1.82) is 0 Å². The predicted octanol–water partition coefficient (Wildman–Crippen LogP) is 22.0. The number of phosphoric acid groups is 2. The molecule has 2 aliphatic heterocycles. The molecule has 6 aliphatic carbocycles. The average molecular weight is 1160 g/mol. The van der Waals surface area contributed by atoms with E-state index in [1.54, 1.807) is 0 Å². The van der Waals surface area contributed by atoms with Crippen LogP contribution < -0.4 is 18.1 Å². The van der Waals surface area contributed by atoms with Crippen molar-refractivity contribution in [2.24, 2.45) is 0 Å². The first kappa shape index (κ1) is 53.3. The molecular weight excluding hydrogens is 1080 g/mol. The molecule has 6 saturated carbocycles. The molecule has 0 radical (unpaired) electrons. The quantitative estimate of drug-likeness (QED) is 0.138. The number of benzene rings is 8. The molecule has 2 N–H and O–H groups in total. The molecule has 2 atom stereocenters. The summed E-state index contributed by atoms with van der Waals surface area (Å²) in [5.41, 5.74) is 15.7. The monoisotopic (exact) mass is 1150 g/mol. The fraction of sp³-hybridized carbons (Fsp3) is 0.405. The van der Waals surface area contributed by atoms with Crippen LogP contribution >= 0.6 is 15.6 Å². The summed E-state index contributed by atoms with van der Waals surface area (Å²) in [5.74, 6) is 3.55. The Labute approximate surface area is 494 Å². The Bertz CT molecular complexity index is 3700. The van der Waals surface area contributed by atoms with Gasteiger partial charge in [0.25, 0.3) is 0 Å². The van der Waals surface area contributed by atoms with Crippen LogP contribution in [0.1, 0.15) is 223 Å². The predicted molar refractivity (Wildman–Crippen MR) is 338 cm³/mol. The minimum absolute atomic E-state index is 0.137. The zero-order valence-corrected chi connectivity index (χ0v) is 50.0. The van der Waals surface area contributed by atoms with Crippen LogP contribution in [0.3, 0.4) is 0 Å². The van der Waals surface area contributed by atoms with E-state index in [1.807, 2.05) is 48.5 Å². The molecule has 0 amide bonds. The highest BCUT2D eigenvalue weighted by Gasteiger charge is 2.43. The van der Waals surface area contributed by atoms with Gasteiger partial charge in [-0.1, -0.05) is 186 Å². The number of hydrogen-bond acceptors (Lipinski definition) is 6. The van der Waals surface area contributed by atoms with E-state index in [2.05, 4.69) is 72.8 Å². The van der Waals surface area contributed by atoms with E-state index < -0.39 is 15.6 Å². The Hall–Kier alpha value is -6.14. The van der Waals surface area contributed by atoms with Gasteiger partial charge in [-0.15, -0.1) is 0 Å². The maximum Gasteiger partial charge on any atom is 0.584 e. The van der Waals surface area contributed by atoms with E-state index in [9.17, 15) is 9.79 Å². The second-order valence-corrected chi connectivity index (χ2v) is 29.0. The summed E-state index contributed by atoms with van der Waals surface area (Å²) in [6.07, 6.45) is 28.3. The summed E-state index contributed by atoms with van der Waals surface area (Å²) < 4.78 is 57.3. The fourth-order valence-corrected chi connectivity index (χ4v) is 19.4. The molecule has 2 unspecified atom stereocenters. The van der Waals surface area contributed by atoms with Crippen molar-refractivity contribution < 1.29 is 37.0 Å². The summed E-state index contributed by atoms with van der Waals surface area (Å²) >= 11 is 0. The third-order valence-electron chi connectivity index (χ3n) is 21.5. The van der Waals surface area contributed by atoms with Crippen molar-refractivity contribution in [3.8, 4) is 78.6 Å². The van der Waals surface area contributed by atoms with Crippen LogP contribution in [0, 0.1) is 0 Å². The third kappa shape index (κ3) is 9.30. The Balaban J connectivity index is 0.943. The lowest BCUT2D eigenvalue weighted by atomic mass is 9.78. The zero-order valence-electron chi connectivity index (χ0n) is 48.2. The third-order valence-corrected chi connectivity index (χ3v) is 23.2. The van der Waals surface area contributed by atoms with Gasteiger partial charge >= 0.3 is 15.6 Å². The average Bonchev–Trinajstić information content (AvgIpc) is 1.58. The number of para-hydroxylation sites is 2. The van der Waals surface area contributed by atoms with Crippen molar-refractivity contribution >= 4 is 37.2 Å². The molecule has 0 aromatic heterocycles. The summed E-state index contributed by atoms with van der Waals surface area (Å²) in [6.45, 7) is 0. The van der Waals surface area contributed by atoms with Crippen LogP contribution in [0.25, 0.3) is 77.2 Å². The van der Waals surface area contributed by atoms with Crippen LogP contribution in [0.5, 0.6) is 23.0 Å². The molecule has 8 nitrogen and oxygen atoms in total. The molecule has 0 bridgehead atoms. The molecular formula is C74H76O8P2. The van der Waals surface area contributed by atoms with Crippen LogP contribution in [0.2, 0.25) is 0 Å². The SMILES string of the molecule is O=P1(O)Oc2c(cccc2-c2c(C3CCCC3)cc(C3CCCC3)cc2C2CCCC2)-c2cc3ccccc3c(-c3c4c(cc5ccccc35)-c3cccc(-c5c(C6CCCC6)cc(C6CCCC6)cc5C5CCCC5)c3OP(=O)(O)O4)c2O1. The molecule has 8 aromatic rings. The van der Waals surface area contributed by atoms with Gasteiger partial charge in [0.05, 0.1) is 0 Å². The Morgan fingerprint density at radius 1 is 0.298 bits per heavy atom. The lowest BCUT2D eigenvalue weighted by Gasteiger charge is -2.27. The van der Waals surface area contributed by atoms with E-state index in [4.69, 9.17) is 18.1 Å². The van der Waals surface area contributed by atoms with Crippen molar-refractivity contribution in [1.82, 2.24) is 0 Å². The number of rotatable bonds is 9. The molecule has 8 aromatic carbocycles. The molecule has 6 fully saturated rings. The highest BCUT2D eigenvalue weighted by Crippen LogP contribution is 2.66. The molecule has 10 heteroatoms. The first-order chi connectivity index (χ1) is 41.1. The molecule has 0 saturated heterocycles. The Morgan fingerprint density at radius 2 is 0.583 bits per heavy atom. The molecule has 8 aliphatic rings. The summed E-state index contributed by atoms with van der Waals surface area (Å²) in [4.78, 5) is 25.0. The van der Waals surface area contributed by atoms with E-state index in [0.29, 0.717) is 91.2 Å². The van der Waals surface area contributed by atoms with Gasteiger partial charge in [-0.2, -0.15) is 0 Å². The summed E-state index contributed by atoms with van der Waals surface area (Å²) in [6, 6.07) is 42.6. The fourth-order valence-electron chi connectivity index (χ4n) is 17.6. The van der Waals surface area contributed by atoms with Gasteiger partial charge in [-0.05, 0) is 191 Å². The van der Waals surface area contributed by atoms with E-state index in [-0.39, 0.29) is 11.5 Å². The van der Waals surface area contributed by atoms with Crippen LogP contribution in [0.4, 0.5) is 0 Å². The van der Waals surface area contributed by atoms with Gasteiger partial charge in [0.2, 0.25) is 0 Å². The minimum Gasteiger partial charge on any atom is -0.394 e. The standard InChI is InChI=1S/C74H76O8P2/c75-83(76)79-71-57(35-17-37-59(71)67-61(47-23-5-6-24-47)41-53(45-19-1-2-20-45)42-62(67)48-25-7-8-26-48)65-39-51-31-13-15-33-55(51)69(73(65)81-83)70-56-34-16-14-32-52(56)40-66-58-36-18-38-60(72(58)80-84(77,78)82-74(66)70)68-63(49-27-9-10-28-49)43-54(46-21-3-4-22-46)44-64(68)50-29-11-12-30-50/h13-18,31-50H,1-12,19-30H2,(H,75,76)(H,77,78). The minimum atomic E-state index is -5.00. The van der Waals surface area contributed by atoms with Crippen molar-refractivity contribution in [2.45, 2.75) is 190 Å². The Kier molecular flexibility index (Phi) is 13.6. The van der Waals surface area contributed by atoms with Crippen molar-refractivity contribution in [2.75, 3.05) is 0 Å². The first-order valence-corrected chi connectivity index (χ1v) is 35.3. The molecule has 84 heavy (non-hydrogen) atoms. The first-order valence-electron chi connectivity index (χ1n) is 32.3. The summed E-state index contributed by atoms with van der Waals surface area (Å²) in [7, 11) is -10.0.